The molecular weight excluding hydrogens is 296 g/mol. The lowest BCUT2D eigenvalue weighted by molar-refractivity contribution is 0.199. The lowest BCUT2D eigenvalue weighted by atomic mass is 10.1. The van der Waals surface area contributed by atoms with Crippen molar-refractivity contribution < 1.29 is 8.42 Å². The van der Waals surface area contributed by atoms with E-state index in [-0.39, 0.29) is 11.8 Å². The normalized spacial score (nSPS) is 21.1. The second-order valence-corrected chi connectivity index (χ2v) is 8.44. The number of hydrogen-bond acceptors (Lipinski definition) is 3. The number of rotatable bonds is 7. The molecule has 0 unspecified atom stereocenters. The fourth-order valence-corrected chi connectivity index (χ4v) is 4.63. The SMILES string of the molecule is O=S(=O)(CCCc1ccccc1)NC1CCN(C2CC2)CC1. The van der Waals surface area contributed by atoms with Crippen LogP contribution in [0.2, 0.25) is 0 Å². The van der Waals surface area contributed by atoms with E-state index in [1.165, 1.54) is 18.4 Å². The van der Waals surface area contributed by atoms with Gasteiger partial charge in [0, 0.05) is 12.1 Å². The van der Waals surface area contributed by atoms with E-state index in [2.05, 4.69) is 9.62 Å². The smallest absolute Gasteiger partial charge is 0.211 e. The highest BCUT2D eigenvalue weighted by molar-refractivity contribution is 7.89. The Balaban J connectivity index is 1.39. The summed E-state index contributed by atoms with van der Waals surface area (Å²) in [6.45, 7) is 2.09. The number of likely N-dealkylation sites (tertiary alicyclic amines) is 1. The van der Waals surface area contributed by atoms with Crippen LogP contribution in [0.15, 0.2) is 30.3 Å². The van der Waals surface area contributed by atoms with Gasteiger partial charge in [0.2, 0.25) is 10.0 Å². The molecule has 2 aliphatic rings. The van der Waals surface area contributed by atoms with Crippen molar-refractivity contribution in [3.63, 3.8) is 0 Å². The van der Waals surface area contributed by atoms with Crippen molar-refractivity contribution in [1.29, 1.82) is 0 Å². The first kappa shape index (κ1) is 16.0. The number of benzene rings is 1. The molecule has 1 aliphatic carbocycles. The summed E-state index contributed by atoms with van der Waals surface area (Å²) >= 11 is 0. The van der Waals surface area contributed by atoms with Crippen molar-refractivity contribution in [1.82, 2.24) is 9.62 Å². The zero-order valence-corrected chi connectivity index (χ0v) is 13.9. The summed E-state index contributed by atoms with van der Waals surface area (Å²) in [5.74, 6) is 0.227. The van der Waals surface area contributed by atoms with E-state index in [0.717, 1.165) is 38.4 Å². The van der Waals surface area contributed by atoms with Crippen LogP contribution in [-0.2, 0) is 16.4 Å². The van der Waals surface area contributed by atoms with Crippen LogP contribution in [0.3, 0.4) is 0 Å². The van der Waals surface area contributed by atoms with Gasteiger partial charge >= 0.3 is 0 Å². The fraction of sp³-hybridized carbons (Fsp3) is 0.647. The topological polar surface area (TPSA) is 49.4 Å². The van der Waals surface area contributed by atoms with Gasteiger partial charge in [-0.1, -0.05) is 30.3 Å². The van der Waals surface area contributed by atoms with Crippen LogP contribution in [0.4, 0.5) is 0 Å². The van der Waals surface area contributed by atoms with Gasteiger partial charge in [-0.3, -0.25) is 0 Å². The summed E-state index contributed by atoms with van der Waals surface area (Å²) in [6, 6.07) is 11.0. The van der Waals surface area contributed by atoms with Crippen molar-refractivity contribution in [3.05, 3.63) is 35.9 Å². The molecule has 1 aliphatic heterocycles. The number of sulfonamides is 1. The molecule has 0 bridgehead atoms. The molecule has 122 valence electrons. The predicted octanol–water partition coefficient (Wildman–Crippen LogP) is 2.17. The second kappa shape index (κ2) is 7.11. The molecule has 3 rings (SSSR count). The van der Waals surface area contributed by atoms with Crippen LogP contribution in [0.5, 0.6) is 0 Å². The molecule has 0 atom stereocenters. The Morgan fingerprint density at radius 1 is 1.05 bits per heavy atom. The van der Waals surface area contributed by atoms with Crippen molar-refractivity contribution >= 4 is 10.0 Å². The van der Waals surface area contributed by atoms with Crippen molar-refractivity contribution in [2.24, 2.45) is 0 Å². The Morgan fingerprint density at radius 3 is 2.36 bits per heavy atom. The predicted molar refractivity (Wildman–Crippen MR) is 89.3 cm³/mol. The van der Waals surface area contributed by atoms with E-state index in [1.807, 2.05) is 30.3 Å². The highest BCUT2D eigenvalue weighted by Crippen LogP contribution is 2.29. The van der Waals surface area contributed by atoms with E-state index in [0.29, 0.717) is 6.42 Å². The first-order chi connectivity index (χ1) is 10.6. The van der Waals surface area contributed by atoms with Crippen LogP contribution < -0.4 is 4.72 Å². The van der Waals surface area contributed by atoms with Gasteiger partial charge in [-0.05, 0) is 57.2 Å². The standard InChI is InChI=1S/C17H26N2O2S/c20-22(21,14-4-7-15-5-2-1-3-6-15)18-16-10-12-19(13-11-16)17-8-9-17/h1-3,5-6,16-18H,4,7-14H2. The Hall–Kier alpha value is -0.910. The Morgan fingerprint density at radius 2 is 1.73 bits per heavy atom. The molecule has 1 aromatic carbocycles. The molecule has 0 spiro atoms. The first-order valence-corrected chi connectivity index (χ1v) is 10.1. The third-order valence-electron chi connectivity index (χ3n) is 4.66. The number of hydrogen-bond donors (Lipinski definition) is 1. The van der Waals surface area contributed by atoms with Crippen LogP contribution in [-0.4, -0.2) is 44.2 Å². The molecule has 2 fully saturated rings. The molecule has 0 amide bonds. The maximum atomic E-state index is 12.2. The van der Waals surface area contributed by atoms with E-state index < -0.39 is 10.0 Å². The molecule has 4 nitrogen and oxygen atoms in total. The molecule has 1 saturated heterocycles. The number of nitrogens with zero attached hydrogens (tertiary/aromatic N) is 1. The number of nitrogens with one attached hydrogen (secondary N) is 1. The lowest BCUT2D eigenvalue weighted by Gasteiger charge is -2.32. The maximum absolute atomic E-state index is 12.2. The molecule has 1 N–H and O–H groups in total. The van der Waals surface area contributed by atoms with Gasteiger partial charge in [0.25, 0.3) is 0 Å². The Labute approximate surface area is 134 Å². The van der Waals surface area contributed by atoms with E-state index in [9.17, 15) is 8.42 Å². The summed E-state index contributed by atoms with van der Waals surface area (Å²) in [5.41, 5.74) is 1.20. The van der Waals surface area contributed by atoms with Crippen molar-refractivity contribution in [3.8, 4) is 0 Å². The third-order valence-corrected chi connectivity index (χ3v) is 6.18. The van der Waals surface area contributed by atoms with E-state index in [1.54, 1.807) is 0 Å². The summed E-state index contributed by atoms with van der Waals surface area (Å²) < 4.78 is 27.3. The van der Waals surface area contributed by atoms with Gasteiger partial charge in [0.1, 0.15) is 0 Å². The molecule has 22 heavy (non-hydrogen) atoms. The minimum atomic E-state index is -3.14. The van der Waals surface area contributed by atoms with Gasteiger partial charge in [-0.15, -0.1) is 0 Å². The van der Waals surface area contributed by atoms with Crippen LogP contribution in [0, 0.1) is 0 Å². The quantitative estimate of drug-likeness (QED) is 0.837. The fourth-order valence-electron chi connectivity index (χ4n) is 3.25. The van der Waals surface area contributed by atoms with E-state index >= 15 is 0 Å². The van der Waals surface area contributed by atoms with E-state index in [4.69, 9.17) is 0 Å². The zero-order valence-electron chi connectivity index (χ0n) is 13.1. The minimum Gasteiger partial charge on any atom is -0.300 e. The number of piperidine rings is 1. The molecule has 0 radical (unpaired) electrons. The van der Waals surface area contributed by atoms with Crippen molar-refractivity contribution in [2.75, 3.05) is 18.8 Å². The maximum Gasteiger partial charge on any atom is 0.211 e. The molecule has 1 saturated carbocycles. The monoisotopic (exact) mass is 322 g/mol. The number of aryl methyl sites for hydroxylation is 1. The summed E-state index contributed by atoms with van der Waals surface area (Å²) in [5, 5.41) is 0. The Bertz CT molecular complexity index is 562. The molecule has 5 heteroatoms. The molecule has 0 aromatic heterocycles. The molecule has 1 aromatic rings. The summed E-state index contributed by atoms with van der Waals surface area (Å²) in [6.07, 6.45) is 6.07. The average molecular weight is 322 g/mol. The van der Waals surface area contributed by atoms with Crippen LogP contribution in [0.1, 0.15) is 37.7 Å². The Kier molecular flexibility index (Phi) is 5.16. The van der Waals surface area contributed by atoms with Crippen molar-refractivity contribution in [2.45, 2.75) is 50.6 Å². The highest BCUT2D eigenvalue weighted by atomic mass is 32.2. The zero-order chi connectivity index (χ0) is 15.4. The van der Waals surface area contributed by atoms with Gasteiger partial charge < -0.3 is 4.90 Å². The summed E-state index contributed by atoms with van der Waals surface area (Å²) in [7, 11) is -3.14. The largest absolute Gasteiger partial charge is 0.300 e. The lowest BCUT2D eigenvalue weighted by Crippen LogP contribution is -2.45. The minimum absolute atomic E-state index is 0.136. The first-order valence-electron chi connectivity index (χ1n) is 8.40. The average Bonchev–Trinajstić information content (AvgIpc) is 3.33. The van der Waals surface area contributed by atoms with Gasteiger partial charge in [0.05, 0.1) is 5.75 Å². The molecule has 1 heterocycles. The van der Waals surface area contributed by atoms with Crippen LogP contribution in [0.25, 0.3) is 0 Å². The summed E-state index contributed by atoms with van der Waals surface area (Å²) in [4.78, 5) is 2.51. The van der Waals surface area contributed by atoms with Gasteiger partial charge in [0.15, 0.2) is 0 Å². The van der Waals surface area contributed by atoms with Gasteiger partial charge in [-0.25, -0.2) is 13.1 Å². The van der Waals surface area contributed by atoms with Gasteiger partial charge in [-0.2, -0.15) is 0 Å². The van der Waals surface area contributed by atoms with Crippen LogP contribution >= 0.6 is 0 Å². The second-order valence-electron chi connectivity index (χ2n) is 6.57. The highest BCUT2D eigenvalue weighted by Gasteiger charge is 2.32. The molecular formula is C17H26N2O2S. The third kappa shape index (κ3) is 4.80.